The van der Waals surface area contributed by atoms with E-state index in [4.69, 9.17) is 5.73 Å². The molecule has 1 aromatic rings. The first kappa shape index (κ1) is 13.0. The topological polar surface area (TPSA) is 43.8 Å². The molecule has 0 atom stereocenters. The van der Waals surface area contributed by atoms with Crippen LogP contribution in [0.25, 0.3) is 11.8 Å². The molecule has 17 heavy (non-hydrogen) atoms. The van der Waals surface area contributed by atoms with Crippen LogP contribution in [0.15, 0.2) is 37.0 Å². The van der Waals surface area contributed by atoms with Gasteiger partial charge in [0.2, 0.25) is 5.95 Å². The van der Waals surface area contributed by atoms with Gasteiger partial charge in [-0.05, 0) is 32.9 Å². The fourth-order valence-electron chi connectivity index (χ4n) is 1.65. The van der Waals surface area contributed by atoms with Gasteiger partial charge in [-0.15, -0.1) is 0 Å². The molecule has 0 saturated heterocycles. The second-order valence-electron chi connectivity index (χ2n) is 3.58. The Kier molecular flexibility index (Phi) is 4.52. The molecule has 1 rings (SSSR count). The molecular formula is C14H19N3. The Balaban J connectivity index is 3.30. The Hall–Kier alpha value is -2.03. The lowest BCUT2D eigenvalue weighted by Crippen LogP contribution is -2.02. The highest BCUT2D eigenvalue weighted by molar-refractivity contribution is 5.65. The van der Waals surface area contributed by atoms with Crippen LogP contribution in [0.2, 0.25) is 0 Å². The van der Waals surface area contributed by atoms with Crippen LogP contribution in [0.5, 0.6) is 0 Å². The summed E-state index contributed by atoms with van der Waals surface area (Å²) in [6.45, 7) is 9.60. The SMILES string of the molecule is C=C/C=C\c1nc(N)n(C(/C=C\C)=C/C)c1C. The highest BCUT2D eigenvalue weighted by Crippen LogP contribution is 2.20. The minimum atomic E-state index is 0.498. The number of anilines is 1. The Morgan fingerprint density at radius 3 is 2.65 bits per heavy atom. The molecule has 3 nitrogen and oxygen atoms in total. The molecule has 0 saturated carbocycles. The molecule has 90 valence electrons. The molecule has 0 bridgehead atoms. The minimum Gasteiger partial charge on any atom is -0.369 e. The van der Waals surface area contributed by atoms with Crippen molar-refractivity contribution < 1.29 is 0 Å². The van der Waals surface area contributed by atoms with Gasteiger partial charge in [0.05, 0.1) is 5.69 Å². The molecule has 2 N–H and O–H groups in total. The molecule has 0 unspecified atom stereocenters. The third-order valence-electron chi connectivity index (χ3n) is 2.45. The van der Waals surface area contributed by atoms with Crippen LogP contribution in [0.4, 0.5) is 5.95 Å². The highest BCUT2D eigenvalue weighted by atomic mass is 15.2. The van der Waals surface area contributed by atoms with Crippen molar-refractivity contribution in [1.29, 1.82) is 0 Å². The number of imidazole rings is 1. The number of nitrogens with zero attached hydrogens (tertiary/aromatic N) is 2. The fraction of sp³-hybridized carbons (Fsp3) is 0.214. The lowest BCUT2D eigenvalue weighted by Gasteiger charge is -2.07. The van der Waals surface area contributed by atoms with Crippen molar-refractivity contribution in [1.82, 2.24) is 9.55 Å². The van der Waals surface area contributed by atoms with Crippen LogP contribution in [0.3, 0.4) is 0 Å². The van der Waals surface area contributed by atoms with Crippen molar-refractivity contribution in [2.75, 3.05) is 5.73 Å². The summed E-state index contributed by atoms with van der Waals surface area (Å²) in [6.07, 6.45) is 11.5. The Morgan fingerprint density at radius 1 is 1.41 bits per heavy atom. The van der Waals surface area contributed by atoms with Gasteiger partial charge in [0.15, 0.2) is 0 Å². The van der Waals surface area contributed by atoms with E-state index < -0.39 is 0 Å². The van der Waals surface area contributed by atoms with Gasteiger partial charge in [-0.25, -0.2) is 4.98 Å². The van der Waals surface area contributed by atoms with Crippen molar-refractivity contribution in [3.05, 3.63) is 48.3 Å². The fourth-order valence-corrected chi connectivity index (χ4v) is 1.65. The molecule has 1 aromatic heterocycles. The molecule has 1 heterocycles. The van der Waals surface area contributed by atoms with E-state index in [-0.39, 0.29) is 0 Å². The summed E-state index contributed by atoms with van der Waals surface area (Å²) in [4.78, 5) is 4.33. The lowest BCUT2D eigenvalue weighted by atomic mass is 10.3. The standard InChI is InChI=1S/C14H19N3/c1-5-8-10-13-11(4)17(14(15)16-13)12(7-3)9-6-2/h5-10H,1H2,2-4H3,(H2,15,16)/b9-6-,10-8-,12-7+. The zero-order chi connectivity index (χ0) is 12.8. The Bertz CT molecular complexity index is 488. The second kappa shape index (κ2) is 5.89. The third-order valence-corrected chi connectivity index (χ3v) is 2.45. The first-order chi connectivity index (χ1) is 8.15. The zero-order valence-corrected chi connectivity index (χ0v) is 10.6. The summed E-state index contributed by atoms with van der Waals surface area (Å²) >= 11 is 0. The van der Waals surface area contributed by atoms with Crippen LogP contribution in [-0.4, -0.2) is 9.55 Å². The molecule has 3 heteroatoms. The largest absolute Gasteiger partial charge is 0.369 e. The molecule has 0 spiro atoms. The number of hydrogen-bond donors (Lipinski definition) is 1. The number of nitrogen functional groups attached to an aromatic ring is 1. The van der Waals surface area contributed by atoms with Crippen molar-refractivity contribution >= 4 is 17.7 Å². The number of allylic oxidation sites excluding steroid dienone is 6. The highest BCUT2D eigenvalue weighted by Gasteiger charge is 2.10. The summed E-state index contributed by atoms with van der Waals surface area (Å²) in [5, 5.41) is 0. The maximum atomic E-state index is 5.94. The van der Waals surface area contributed by atoms with Gasteiger partial charge in [0, 0.05) is 11.4 Å². The molecule has 0 fully saturated rings. The van der Waals surface area contributed by atoms with Crippen LogP contribution in [0, 0.1) is 6.92 Å². The summed E-state index contributed by atoms with van der Waals surface area (Å²) in [5.74, 6) is 0.498. The van der Waals surface area contributed by atoms with Gasteiger partial charge in [0.1, 0.15) is 0 Å². The lowest BCUT2D eigenvalue weighted by molar-refractivity contribution is 1.05. The number of rotatable bonds is 4. The van der Waals surface area contributed by atoms with Crippen molar-refractivity contribution in [3.63, 3.8) is 0 Å². The molecule has 0 aromatic carbocycles. The van der Waals surface area contributed by atoms with Crippen molar-refractivity contribution in [3.8, 4) is 0 Å². The summed E-state index contributed by atoms with van der Waals surface area (Å²) < 4.78 is 1.93. The molecule has 0 amide bonds. The van der Waals surface area contributed by atoms with Crippen LogP contribution >= 0.6 is 0 Å². The normalized spacial score (nSPS) is 12.8. The minimum absolute atomic E-state index is 0.498. The summed E-state index contributed by atoms with van der Waals surface area (Å²) in [5.41, 5.74) is 8.85. The smallest absolute Gasteiger partial charge is 0.205 e. The Morgan fingerprint density at radius 2 is 2.12 bits per heavy atom. The van der Waals surface area contributed by atoms with E-state index in [9.17, 15) is 0 Å². The maximum Gasteiger partial charge on any atom is 0.205 e. The average Bonchev–Trinajstić information content (AvgIpc) is 2.59. The van der Waals surface area contributed by atoms with Gasteiger partial charge >= 0.3 is 0 Å². The first-order valence-electron chi connectivity index (χ1n) is 5.59. The van der Waals surface area contributed by atoms with Crippen molar-refractivity contribution in [2.45, 2.75) is 20.8 Å². The van der Waals surface area contributed by atoms with Gasteiger partial charge in [0.25, 0.3) is 0 Å². The van der Waals surface area contributed by atoms with Gasteiger partial charge in [-0.1, -0.05) is 30.9 Å². The van der Waals surface area contributed by atoms with Gasteiger partial charge in [-0.2, -0.15) is 0 Å². The van der Waals surface area contributed by atoms with E-state index in [0.717, 1.165) is 17.1 Å². The molecule has 0 aliphatic heterocycles. The van der Waals surface area contributed by atoms with Gasteiger partial charge < -0.3 is 5.73 Å². The van der Waals surface area contributed by atoms with Crippen molar-refractivity contribution in [2.24, 2.45) is 0 Å². The Labute approximate surface area is 103 Å². The second-order valence-corrected chi connectivity index (χ2v) is 3.58. The maximum absolute atomic E-state index is 5.94. The number of nitrogens with two attached hydrogens (primary N) is 1. The van der Waals surface area contributed by atoms with E-state index >= 15 is 0 Å². The zero-order valence-electron chi connectivity index (χ0n) is 10.6. The monoisotopic (exact) mass is 229 g/mol. The molecule has 0 aliphatic carbocycles. The van der Waals surface area contributed by atoms with E-state index in [1.165, 1.54) is 0 Å². The van der Waals surface area contributed by atoms with E-state index in [2.05, 4.69) is 11.6 Å². The predicted molar refractivity (Wildman–Crippen MR) is 75.4 cm³/mol. The average molecular weight is 229 g/mol. The van der Waals surface area contributed by atoms with E-state index in [1.54, 1.807) is 6.08 Å². The summed E-state index contributed by atoms with van der Waals surface area (Å²) in [7, 11) is 0. The van der Waals surface area contributed by atoms with Crippen LogP contribution in [0.1, 0.15) is 25.2 Å². The third kappa shape index (κ3) is 2.75. The first-order valence-corrected chi connectivity index (χ1v) is 5.59. The predicted octanol–water partition coefficient (Wildman–Crippen LogP) is 3.41. The number of aromatic nitrogens is 2. The molecular weight excluding hydrogens is 210 g/mol. The summed E-state index contributed by atoms with van der Waals surface area (Å²) in [6, 6.07) is 0. The molecule has 0 radical (unpaired) electrons. The van der Waals surface area contributed by atoms with E-state index in [0.29, 0.717) is 5.95 Å². The quantitative estimate of drug-likeness (QED) is 0.804. The van der Waals surface area contributed by atoms with Crippen LogP contribution in [-0.2, 0) is 0 Å². The van der Waals surface area contributed by atoms with Gasteiger partial charge in [-0.3, -0.25) is 4.57 Å². The molecule has 0 aliphatic rings. The number of hydrogen-bond acceptors (Lipinski definition) is 2. The van der Waals surface area contributed by atoms with E-state index in [1.807, 2.05) is 55.7 Å². The van der Waals surface area contributed by atoms with Crippen LogP contribution < -0.4 is 5.73 Å².